The van der Waals surface area contributed by atoms with E-state index in [4.69, 9.17) is 5.41 Å². The van der Waals surface area contributed by atoms with Gasteiger partial charge in [-0.2, -0.15) is 0 Å². The summed E-state index contributed by atoms with van der Waals surface area (Å²) in [4.78, 5) is 1.69. The third kappa shape index (κ3) is 3.68. The van der Waals surface area contributed by atoms with Crippen molar-refractivity contribution in [3.8, 4) is 0 Å². The summed E-state index contributed by atoms with van der Waals surface area (Å²) in [5, 5.41) is 7.00. The molecule has 0 aliphatic rings. The van der Waals surface area contributed by atoms with E-state index in [1.165, 1.54) is 6.08 Å². The molecule has 1 N–H and O–H groups in total. The molecule has 0 unspecified atom stereocenters. The molecule has 48 valence electrons. The highest BCUT2D eigenvalue weighted by Crippen LogP contribution is 1.76. The molecular weight excluding hydrogens is 124 g/mol. The predicted octanol–water partition coefficient (Wildman–Crippen LogP) is 1.13. The average Bonchev–Trinajstić information content (AvgIpc) is 1.65. The summed E-state index contributed by atoms with van der Waals surface area (Å²) in [6.45, 7) is 3.42. The lowest BCUT2D eigenvalue weighted by molar-refractivity contribution is 0.622. The number of halogens is 1. The number of rotatable bonds is 1. The Morgan fingerprint density at radius 1 is 1.62 bits per heavy atom. The fourth-order valence-electron chi connectivity index (χ4n) is 0.183. The van der Waals surface area contributed by atoms with Gasteiger partial charge in [-0.1, -0.05) is 6.58 Å². The molecule has 0 bridgehead atoms. The van der Waals surface area contributed by atoms with Crippen LogP contribution in [-0.2, 0) is 0 Å². The lowest BCUT2D eigenvalue weighted by Crippen LogP contribution is -2.17. The molecule has 0 atom stereocenters. The van der Waals surface area contributed by atoms with Crippen molar-refractivity contribution >= 4 is 18.2 Å². The van der Waals surface area contributed by atoms with Crippen molar-refractivity contribution in [3.05, 3.63) is 12.7 Å². The molecule has 8 heavy (non-hydrogen) atoms. The lowest BCUT2D eigenvalue weighted by atomic mass is 10.5. The first-order valence-electron chi connectivity index (χ1n) is 2.06. The molecule has 0 spiro atoms. The summed E-state index contributed by atoms with van der Waals surface area (Å²) < 4.78 is 0. The van der Waals surface area contributed by atoms with Crippen molar-refractivity contribution in [2.45, 2.75) is 0 Å². The van der Waals surface area contributed by atoms with Crippen LogP contribution < -0.4 is 0 Å². The first-order chi connectivity index (χ1) is 3.18. The second kappa shape index (κ2) is 4.65. The Morgan fingerprint density at radius 3 is 2.00 bits per heavy atom. The smallest absolute Gasteiger partial charge is 0.119 e. The fourth-order valence-corrected chi connectivity index (χ4v) is 0.183. The third-order valence-corrected chi connectivity index (χ3v) is 0.675. The van der Waals surface area contributed by atoms with Gasteiger partial charge >= 0.3 is 0 Å². The Hall–Kier alpha value is -0.500. The van der Waals surface area contributed by atoms with Gasteiger partial charge in [0.15, 0.2) is 0 Å². The number of nitrogens with one attached hydrogen (secondary N) is 1. The zero-order valence-corrected chi connectivity index (χ0v) is 5.96. The maximum absolute atomic E-state index is 7.00. The van der Waals surface area contributed by atoms with E-state index in [0.29, 0.717) is 5.84 Å². The second-order valence-electron chi connectivity index (χ2n) is 1.48. The van der Waals surface area contributed by atoms with Crippen LogP contribution in [0.25, 0.3) is 0 Å². The van der Waals surface area contributed by atoms with E-state index in [1.54, 1.807) is 4.90 Å². The molecule has 0 radical (unpaired) electrons. The van der Waals surface area contributed by atoms with Gasteiger partial charge in [0.1, 0.15) is 5.84 Å². The van der Waals surface area contributed by atoms with Crippen molar-refractivity contribution < 1.29 is 0 Å². The molecule has 0 fully saturated rings. The Balaban J connectivity index is 0. The van der Waals surface area contributed by atoms with Gasteiger partial charge in [-0.25, -0.2) is 0 Å². The van der Waals surface area contributed by atoms with Gasteiger partial charge in [-0.3, -0.25) is 5.41 Å². The van der Waals surface area contributed by atoms with E-state index in [-0.39, 0.29) is 12.4 Å². The minimum Gasteiger partial charge on any atom is -0.363 e. The SMILES string of the molecule is C=CC(=N)N(C)C.Cl. The zero-order chi connectivity index (χ0) is 5.86. The highest BCUT2D eigenvalue weighted by molar-refractivity contribution is 5.89. The van der Waals surface area contributed by atoms with Crippen molar-refractivity contribution in [3.63, 3.8) is 0 Å². The van der Waals surface area contributed by atoms with Gasteiger partial charge < -0.3 is 4.90 Å². The van der Waals surface area contributed by atoms with Crippen LogP contribution in [0.15, 0.2) is 12.7 Å². The van der Waals surface area contributed by atoms with Crippen LogP contribution in [0.5, 0.6) is 0 Å². The predicted molar refractivity (Wildman–Crippen MR) is 38.9 cm³/mol. The summed E-state index contributed by atoms with van der Waals surface area (Å²) in [7, 11) is 3.62. The van der Waals surface area contributed by atoms with Crippen molar-refractivity contribution in [1.82, 2.24) is 4.90 Å². The molecule has 2 nitrogen and oxygen atoms in total. The topological polar surface area (TPSA) is 27.1 Å². The first-order valence-corrected chi connectivity index (χ1v) is 2.06. The number of hydrogen-bond donors (Lipinski definition) is 1. The molecule has 0 amide bonds. The van der Waals surface area contributed by atoms with Gasteiger partial charge in [0.05, 0.1) is 0 Å². The standard InChI is InChI=1S/C5H10N2.ClH/c1-4-5(6)7(2)3;/h4,6H,1H2,2-3H3;1H. The van der Waals surface area contributed by atoms with Crippen LogP contribution in [-0.4, -0.2) is 24.8 Å². The number of hydrogen-bond acceptors (Lipinski definition) is 1. The van der Waals surface area contributed by atoms with E-state index in [9.17, 15) is 0 Å². The number of likely N-dealkylation sites (N-methyl/N-ethyl adjacent to an activating group) is 1. The molecule has 3 heteroatoms. The molecule has 0 saturated carbocycles. The molecular formula is C5H11ClN2. The Bertz CT molecular complexity index is 88.4. The highest BCUT2D eigenvalue weighted by Gasteiger charge is 1.86. The van der Waals surface area contributed by atoms with Crippen LogP contribution in [0.4, 0.5) is 0 Å². The van der Waals surface area contributed by atoms with E-state index in [1.807, 2.05) is 14.1 Å². The van der Waals surface area contributed by atoms with Crippen molar-refractivity contribution in [1.29, 1.82) is 5.41 Å². The van der Waals surface area contributed by atoms with Crippen LogP contribution in [0.3, 0.4) is 0 Å². The van der Waals surface area contributed by atoms with Gasteiger partial charge in [0, 0.05) is 14.1 Å². The lowest BCUT2D eigenvalue weighted by Gasteiger charge is -2.07. The average molecular weight is 135 g/mol. The van der Waals surface area contributed by atoms with Crippen LogP contribution in [0.2, 0.25) is 0 Å². The van der Waals surface area contributed by atoms with Crippen LogP contribution in [0, 0.1) is 5.41 Å². The summed E-state index contributed by atoms with van der Waals surface area (Å²) in [6, 6.07) is 0. The molecule has 0 aliphatic heterocycles. The third-order valence-electron chi connectivity index (χ3n) is 0.675. The zero-order valence-electron chi connectivity index (χ0n) is 5.14. The molecule has 0 heterocycles. The number of amidine groups is 1. The fraction of sp³-hybridized carbons (Fsp3) is 0.400. The quantitative estimate of drug-likeness (QED) is 0.423. The van der Waals surface area contributed by atoms with Gasteiger partial charge in [0.2, 0.25) is 0 Å². The Labute approximate surface area is 56.1 Å². The largest absolute Gasteiger partial charge is 0.363 e. The van der Waals surface area contributed by atoms with Gasteiger partial charge in [0.25, 0.3) is 0 Å². The summed E-state index contributed by atoms with van der Waals surface area (Å²) in [5.41, 5.74) is 0. The summed E-state index contributed by atoms with van der Waals surface area (Å²) in [5.74, 6) is 0.444. The van der Waals surface area contributed by atoms with E-state index < -0.39 is 0 Å². The maximum Gasteiger partial charge on any atom is 0.119 e. The minimum atomic E-state index is 0. The Morgan fingerprint density at radius 2 is 2.00 bits per heavy atom. The summed E-state index contributed by atoms with van der Waals surface area (Å²) >= 11 is 0. The molecule has 0 aromatic heterocycles. The normalized spacial score (nSPS) is 6.75. The Kier molecular flexibility index (Phi) is 6.09. The summed E-state index contributed by atoms with van der Waals surface area (Å²) in [6.07, 6.45) is 1.50. The van der Waals surface area contributed by atoms with Crippen molar-refractivity contribution in [2.24, 2.45) is 0 Å². The molecule has 0 aromatic carbocycles. The molecule has 0 aliphatic carbocycles. The minimum absolute atomic E-state index is 0. The molecule has 0 saturated heterocycles. The molecule has 0 aromatic rings. The highest BCUT2D eigenvalue weighted by atomic mass is 35.5. The first kappa shape index (κ1) is 10.5. The monoisotopic (exact) mass is 134 g/mol. The van der Waals surface area contributed by atoms with Crippen LogP contribution in [0.1, 0.15) is 0 Å². The van der Waals surface area contributed by atoms with Crippen LogP contribution >= 0.6 is 12.4 Å². The van der Waals surface area contributed by atoms with E-state index in [2.05, 4.69) is 6.58 Å². The maximum atomic E-state index is 7.00. The van der Waals surface area contributed by atoms with E-state index >= 15 is 0 Å². The molecule has 0 rings (SSSR count). The van der Waals surface area contributed by atoms with Crippen molar-refractivity contribution in [2.75, 3.05) is 14.1 Å². The van der Waals surface area contributed by atoms with Gasteiger partial charge in [-0.15, -0.1) is 12.4 Å². The number of nitrogens with zero attached hydrogens (tertiary/aromatic N) is 1. The van der Waals surface area contributed by atoms with E-state index in [0.717, 1.165) is 0 Å². The van der Waals surface area contributed by atoms with Gasteiger partial charge in [-0.05, 0) is 6.08 Å². The second-order valence-corrected chi connectivity index (χ2v) is 1.48.